The molecule has 2 heterocycles. The number of ether oxygens (including phenoxy) is 1. The van der Waals surface area contributed by atoms with Gasteiger partial charge in [-0.15, -0.1) is 5.10 Å². The van der Waals surface area contributed by atoms with Crippen molar-refractivity contribution >= 4 is 40.1 Å². The number of nitrogens with zero attached hydrogens (tertiary/aromatic N) is 4. The van der Waals surface area contributed by atoms with Crippen LogP contribution in [0.2, 0.25) is 10.0 Å². The van der Waals surface area contributed by atoms with Crippen LogP contribution in [-0.2, 0) is 18.4 Å². The van der Waals surface area contributed by atoms with Crippen molar-refractivity contribution in [3.05, 3.63) is 51.1 Å². The van der Waals surface area contributed by atoms with Crippen LogP contribution in [0.15, 0.2) is 24.3 Å². The minimum Gasteiger partial charge on any atom is -0.466 e. The highest BCUT2D eigenvalue weighted by Crippen LogP contribution is 2.27. The highest BCUT2D eigenvalue weighted by molar-refractivity contribution is 6.42. The Morgan fingerprint density at radius 2 is 1.93 bits per heavy atom. The van der Waals surface area contributed by atoms with Gasteiger partial charge in [0, 0.05) is 25.3 Å². The first kappa shape index (κ1) is 21.4. The van der Waals surface area contributed by atoms with Crippen LogP contribution in [0.4, 0.5) is 0 Å². The van der Waals surface area contributed by atoms with Gasteiger partial charge in [-0.05, 0) is 57.0 Å². The fourth-order valence-electron chi connectivity index (χ4n) is 3.26. The zero-order valence-electron chi connectivity index (χ0n) is 17.2. The molecule has 0 atom stereocenters. The number of benzene rings is 1. The van der Waals surface area contributed by atoms with Crippen LogP contribution < -0.4 is 4.74 Å². The number of carbonyl (C=O) groups excluding carboxylic acids is 1. The molecule has 0 saturated carbocycles. The molecular weight excluding hydrogens is 411 g/mol. The Labute approximate surface area is 180 Å². The van der Waals surface area contributed by atoms with Gasteiger partial charge in [-0.1, -0.05) is 29.3 Å². The Bertz CT molecular complexity index is 1060. The van der Waals surface area contributed by atoms with Crippen molar-refractivity contribution in [2.75, 3.05) is 6.61 Å². The van der Waals surface area contributed by atoms with E-state index in [4.69, 9.17) is 27.9 Å². The first-order chi connectivity index (χ1) is 13.7. The minimum absolute atomic E-state index is 0.00733. The first-order valence-electron chi connectivity index (χ1n) is 9.34. The Kier molecular flexibility index (Phi) is 6.34. The largest absolute Gasteiger partial charge is 0.466 e. The number of amides is 1. The van der Waals surface area contributed by atoms with Gasteiger partial charge in [0.15, 0.2) is 12.3 Å². The van der Waals surface area contributed by atoms with E-state index in [0.717, 1.165) is 27.9 Å². The Hall–Kier alpha value is -2.31. The van der Waals surface area contributed by atoms with E-state index in [9.17, 15) is 4.79 Å². The average molecular weight is 435 g/mol. The van der Waals surface area contributed by atoms with Gasteiger partial charge in [0.05, 0.1) is 15.4 Å². The molecule has 0 saturated heterocycles. The molecule has 0 unspecified atom stereocenters. The third-order valence-electron chi connectivity index (χ3n) is 4.70. The van der Waals surface area contributed by atoms with Gasteiger partial charge < -0.3 is 9.64 Å². The fraction of sp³-hybridized carbons (Fsp3) is 0.381. The molecule has 29 heavy (non-hydrogen) atoms. The van der Waals surface area contributed by atoms with Crippen LogP contribution in [0.3, 0.4) is 0 Å². The molecule has 0 fully saturated rings. The highest BCUT2D eigenvalue weighted by atomic mass is 35.5. The topological polar surface area (TPSA) is 60.2 Å². The Morgan fingerprint density at radius 3 is 2.59 bits per heavy atom. The molecule has 0 bridgehead atoms. The molecule has 1 amide bonds. The molecule has 154 valence electrons. The molecule has 3 aromatic rings. The second-order valence-corrected chi connectivity index (χ2v) is 8.17. The minimum atomic E-state index is -0.136. The molecular formula is C21H24Cl2N4O2. The van der Waals surface area contributed by atoms with Crippen molar-refractivity contribution < 1.29 is 9.53 Å². The summed E-state index contributed by atoms with van der Waals surface area (Å²) in [6, 6.07) is 7.34. The second-order valence-electron chi connectivity index (χ2n) is 7.36. The molecule has 0 radical (unpaired) electrons. The monoisotopic (exact) mass is 434 g/mol. The summed E-state index contributed by atoms with van der Waals surface area (Å²) in [6.45, 7) is 8.15. The Balaban J connectivity index is 1.77. The summed E-state index contributed by atoms with van der Waals surface area (Å²) in [5.41, 5.74) is 3.56. The summed E-state index contributed by atoms with van der Waals surface area (Å²) in [5.74, 6) is 0.279. The van der Waals surface area contributed by atoms with Crippen molar-refractivity contribution in [2.24, 2.45) is 7.05 Å². The summed E-state index contributed by atoms with van der Waals surface area (Å²) in [7, 11) is 1.81. The fourth-order valence-corrected chi connectivity index (χ4v) is 3.58. The normalized spacial score (nSPS) is 11.3. The van der Waals surface area contributed by atoms with Crippen molar-refractivity contribution in [2.45, 2.75) is 40.3 Å². The molecule has 8 heteroatoms. The summed E-state index contributed by atoms with van der Waals surface area (Å²) in [4.78, 5) is 19.1. The highest BCUT2D eigenvalue weighted by Gasteiger charge is 2.21. The van der Waals surface area contributed by atoms with Crippen LogP contribution >= 0.6 is 23.2 Å². The molecule has 2 aromatic heterocycles. The van der Waals surface area contributed by atoms with Gasteiger partial charge in [0.2, 0.25) is 5.88 Å². The van der Waals surface area contributed by atoms with Crippen LogP contribution in [-0.4, -0.2) is 38.2 Å². The lowest BCUT2D eigenvalue weighted by Gasteiger charge is -2.27. The SMILES string of the molecule is Cc1cc(C)c2c(OCC(=O)N(Cc3ccc(Cl)c(Cl)c3)C(C)C)nn(C)c2n1. The van der Waals surface area contributed by atoms with E-state index in [-0.39, 0.29) is 18.6 Å². The molecule has 6 nitrogen and oxygen atoms in total. The van der Waals surface area contributed by atoms with Crippen molar-refractivity contribution in [1.29, 1.82) is 0 Å². The van der Waals surface area contributed by atoms with Crippen LogP contribution in [0.1, 0.15) is 30.7 Å². The third kappa shape index (κ3) is 4.65. The zero-order valence-corrected chi connectivity index (χ0v) is 18.7. The molecule has 0 spiro atoms. The third-order valence-corrected chi connectivity index (χ3v) is 5.44. The van der Waals surface area contributed by atoms with Gasteiger partial charge in [0.1, 0.15) is 0 Å². The van der Waals surface area contributed by atoms with E-state index in [1.807, 2.05) is 46.9 Å². The quantitative estimate of drug-likeness (QED) is 0.563. The number of aryl methyl sites for hydroxylation is 3. The summed E-state index contributed by atoms with van der Waals surface area (Å²) < 4.78 is 7.50. The maximum Gasteiger partial charge on any atom is 0.261 e. The molecule has 0 N–H and O–H groups in total. The van der Waals surface area contributed by atoms with E-state index < -0.39 is 0 Å². The van der Waals surface area contributed by atoms with Crippen LogP contribution in [0.25, 0.3) is 11.0 Å². The van der Waals surface area contributed by atoms with Gasteiger partial charge in [-0.3, -0.25) is 4.79 Å². The number of halogens is 2. The van der Waals surface area contributed by atoms with Crippen molar-refractivity contribution in [3.63, 3.8) is 0 Å². The van der Waals surface area contributed by atoms with E-state index in [2.05, 4.69) is 10.1 Å². The Morgan fingerprint density at radius 1 is 1.21 bits per heavy atom. The maximum absolute atomic E-state index is 12.9. The molecule has 1 aromatic carbocycles. The molecule has 0 aliphatic carbocycles. The predicted octanol–water partition coefficient (Wildman–Crippen LogP) is 4.71. The summed E-state index contributed by atoms with van der Waals surface area (Å²) in [6.07, 6.45) is 0. The van der Waals surface area contributed by atoms with E-state index in [0.29, 0.717) is 22.5 Å². The number of hydrogen-bond donors (Lipinski definition) is 0. The first-order valence-corrected chi connectivity index (χ1v) is 10.1. The number of carbonyl (C=O) groups is 1. The lowest BCUT2D eigenvalue weighted by atomic mass is 10.2. The number of fused-ring (bicyclic) bond motifs is 1. The molecule has 0 aliphatic rings. The second kappa shape index (κ2) is 8.59. The van der Waals surface area contributed by atoms with E-state index in [1.165, 1.54) is 0 Å². The van der Waals surface area contributed by atoms with E-state index in [1.54, 1.807) is 21.7 Å². The molecule has 0 aliphatic heterocycles. The number of aromatic nitrogens is 3. The predicted molar refractivity (Wildman–Crippen MR) is 116 cm³/mol. The standard InChI is InChI=1S/C21H24Cl2N4O2/c1-12(2)27(10-15-6-7-16(22)17(23)9-15)18(28)11-29-21-19-13(3)8-14(4)24-20(19)26(5)25-21/h6-9,12H,10-11H2,1-5H3. The average Bonchev–Trinajstić information content (AvgIpc) is 2.96. The number of rotatable bonds is 6. The summed E-state index contributed by atoms with van der Waals surface area (Å²) in [5, 5.41) is 6.18. The van der Waals surface area contributed by atoms with Crippen molar-refractivity contribution in [3.8, 4) is 5.88 Å². The van der Waals surface area contributed by atoms with Gasteiger partial charge in [0.25, 0.3) is 5.91 Å². The lowest BCUT2D eigenvalue weighted by molar-refractivity contribution is -0.135. The molecule has 3 rings (SSSR count). The smallest absolute Gasteiger partial charge is 0.261 e. The summed E-state index contributed by atoms with van der Waals surface area (Å²) >= 11 is 12.1. The number of pyridine rings is 1. The van der Waals surface area contributed by atoms with Gasteiger partial charge in [-0.25, -0.2) is 9.67 Å². The lowest BCUT2D eigenvalue weighted by Crippen LogP contribution is -2.39. The van der Waals surface area contributed by atoms with Crippen LogP contribution in [0, 0.1) is 13.8 Å². The van der Waals surface area contributed by atoms with E-state index >= 15 is 0 Å². The van der Waals surface area contributed by atoms with Crippen molar-refractivity contribution in [1.82, 2.24) is 19.7 Å². The van der Waals surface area contributed by atoms with Gasteiger partial charge >= 0.3 is 0 Å². The zero-order chi connectivity index (χ0) is 21.3. The maximum atomic E-state index is 12.9. The van der Waals surface area contributed by atoms with Crippen LogP contribution in [0.5, 0.6) is 5.88 Å². The number of hydrogen-bond acceptors (Lipinski definition) is 4. The van der Waals surface area contributed by atoms with Gasteiger partial charge in [-0.2, -0.15) is 0 Å².